The van der Waals surface area contributed by atoms with Crippen LogP contribution in [0.3, 0.4) is 0 Å². The van der Waals surface area contributed by atoms with Gasteiger partial charge in [-0.25, -0.2) is 0 Å². The highest BCUT2D eigenvalue weighted by Gasteiger charge is 2.16. The molecule has 0 radical (unpaired) electrons. The molecular weight excluding hydrogens is 206 g/mol. The van der Waals surface area contributed by atoms with Crippen LogP contribution in [0.15, 0.2) is 12.1 Å². The maximum absolute atomic E-state index is 11.7. The van der Waals surface area contributed by atoms with Gasteiger partial charge in [-0.1, -0.05) is 6.92 Å². The van der Waals surface area contributed by atoms with Gasteiger partial charge in [0.15, 0.2) is 0 Å². The van der Waals surface area contributed by atoms with Crippen molar-refractivity contribution in [2.75, 3.05) is 0 Å². The molecule has 1 rings (SSSR count). The van der Waals surface area contributed by atoms with Crippen molar-refractivity contribution in [3.05, 3.63) is 21.9 Å². The molecule has 0 fully saturated rings. The molecule has 0 saturated heterocycles. The molecule has 15 heavy (non-hydrogen) atoms. The van der Waals surface area contributed by atoms with Gasteiger partial charge in [-0.15, -0.1) is 11.3 Å². The summed E-state index contributed by atoms with van der Waals surface area (Å²) in [4.78, 5) is 14.1. The molecule has 1 aromatic rings. The van der Waals surface area contributed by atoms with E-state index in [1.165, 1.54) is 4.88 Å². The van der Waals surface area contributed by atoms with Gasteiger partial charge in [0.25, 0.3) is 0 Å². The molecule has 0 spiro atoms. The third-order valence-electron chi connectivity index (χ3n) is 2.09. The summed E-state index contributed by atoms with van der Waals surface area (Å²) >= 11 is 1.73. The highest BCUT2D eigenvalue weighted by molar-refractivity contribution is 7.12. The number of thiophene rings is 1. The van der Waals surface area contributed by atoms with Gasteiger partial charge in [0.05, 0.1) is 0 Å². The lowest BCUT2D eigenvalue weighted by Gasteiger charge is -2.16. The minimum Gasteiger partial charge on any atom is -0.325 e. The molecule has 2 nitrogen and oxygen atoms in total. The van der Waals surface area contributed by atoms with Crippen LogP contribution in [-0.2, 0) is 17.6 Å². The van der Waals surface area contributed by atoms with E-state index in [4.69, 9.17) is 5.73 Å². The maximum Gasteiger partial charge on any atom is 0.139 e. The molecule has 1 heterocycles. The van der Waals surface area contributed by atoms with Gasteiger partial charge in [-0.05, 0) is 32.4 Å². The molecule has 2 N–H and O–H groups in total. The zero-order valence-electron chi connectivity index (χ0n) is 9.67. The van der Waals surface area contributed by atoms with E-state index in [-0.39, 0.29) is 11.3 Å². The quantitative estimate of drug-likeness (QED) is 0.837. The molecule has 0 amide bonds. The molecule has 0 aliphatic rings. The van der Waals surface area contributed by atoms with Crippen molar-refractivity contribution < 1.29 is 4.79 Å². The predicted molar refractivity (Wildman–Crippen MR) is 65.3 cm³/mol. The van der Waals surface area contributed by atoms with Crippen LogP contribution in [0.4, 0.5) is 0 Å². The van der Waals surface area contributed by atoms with Crippen LogP contribution < -0.4 is 5.73 Å². The number of carbonyl (C=O) groups is 1. The fraction of sp³-hybridized carbons (Fsp3) is 0.583. The van der Waals surface area contributed by atoms with E-state index in [1.807, 2.05) is 19.9 Å². The Hall–Kier alpha value is -0.670. The maximum atomic E-state index is 11.7. The first-order chi connectivity index (χ1) is 6.90. The highest BCUT2D eigenvalue weighted by atomic mass is 32.1. The van der Waals surface area contributed by atoms with Crippen LogP contribution >= 0.6 is 11.3 Å². The SMILES string of the molecule is CCc1ccc(CC(=O)CC(C)(C)N)s1. The van der Waals surface area contributed by atoms with Crippen molar-refractivity contribution >= 4 is 17.1 Å². The van der Waals surface area contributed by atoms with Crippen molar-refractivity contribution in [2.45, 2.75) is 45.6 Å². The fourth-order valence-electron chi connectivity index (χ4n) is 1.47. The van der Waals surface area contributed by atoms with E-state index in [9.17, 15) is 4.79 Å². The first-order valence-corrected chi connectivity index (χ1v) is 6.10. The monoisotopic (exact) mass is 225 g/mol. The van der Waals surface area contributed by atoms with Crippen LogP contribution in [0.5, 0.6) is 0 Å². The van der Waals surface area contributed by atoms with Crippen molar-refractivity contribution in [2.24, 2.45) is 5.73 Å². The third-order valence-corrected chi connectivity index (χ3v) is 3.32. The average molecular weight is 225 g/mol. The van der Waals surface area contributed by atoms with Crippen molar-refractivity contribution in [3.8, 4) is 0 Å². The molecule has 0 saturated carbocycles. The van der Waals surface area contributed by atoms with E-state index in [1.54, 1.807) is 11.3 Å². The highest BCUT2D eigenvalue weighted by Crippen LogP contribution is 2.18. The second-order valence-corrected chi connectivity index (χ2v) is 5.86. The number of nitrogens with two attached hydrogens (primary N) is 1. The average Bonchev–Trinajstić information content (AvgIpc) is 2.48. The zero-order valence-corrected chi connectivity index (χ0v) is 10.5. The summed E-state index contributed by atoms with van der Waals surface area (Å²) in [5, 5.41) is 0. The Morgan fingerprint density at radius 1 is 1.40 bits per heavy atom. The number of rotatable bonds is 5. The zero-order chi connectivity index (χ0) is 11.5. The summed E-state index contributed by atoms with van der Waals surface area (Å²) in [7, 11) is 0. The second kappa shape index (κ2) is 4.90. The van der Waals surface area contributed by atoms with Crippen molar-refractivity contribution in [3.63, 3.8) is 0 Å². The number of ketones is 1. The molecule has 84 valence electrons. The van der Waals surface area contributed by atoms with E-state index in [2.05, 4.69) is 13.0 Å². The van der Waals surface area contributed by atoms with E-state index in [0.717, 1.165) is 11.3 Å². The Morgan fingerprint density at radius 2 is 2.00 bits per heavy atom. The smallest absolute Gasteiger partial charge is 0.139 e. The van der Waals surface area contributed by atoms with Gasteiger partial charge in [0, 0.05) is 28.1 Å². The first kappa shape index (κ1) is 12.4. The molecule has 0 atom stereocenters. The lowest BCUT2D eigenvalue weighted by molar-refractivity contribution is -0.119. The Labute approximate surface area is 95.5 Å². The van der Waals surface area contributed by atoms with E-state index in [0.29, 0.717) is 12.8 Å². The molecule has 1 aromatic heterocycles. The van der Waals surface area contributed by atoms with Crippen molar-refractivity contribution in [1.29, 1.82) is 0 Å². The summed E-state index contributed by atoms with van der Waals surface area (Å²) in [6.45, 7) is 5.90. The van der Waals surface area contributed by atoms with Crippen LogP contribution in [0, 0.1) is 0 Å². The Bertz CT molecular complexity index is 336. The lowest BCUT2D eigenvalue weighted by Crippen LogP contribution is -2.35. The molecule has 3 heteroatoms. The summed E-state index contributed by atoms with van der Waals surface area (Å²) < 4.78 is 0. The normalized spacial score (nSPS) is 11.7. The second-order valence-electron chi connectivity index (χ2n) is 4.60. The summed E-state index contributed by atoms with van der Waals surface area (Å²) in [5.41, 5.74) is 5.42. The van der Waals surface area contributed by atoms with Gasteiger partial charge in [-0.2, -0.15) is 0 Å². The van der Waals surface area contributed by atoms with E-state index >= 15 is 0 Å². The number of Topliss-reactive ketones (excluding diaryl/α,β-unsaturated/α-hetero) is 1. The van der Waals surface area contributed by atoms with Gasteiger partial charge >= 0.3 is 0 Å². The van der Waals surface area contributed by atoms with Crippen LogP contribution in [0.2, 0.25) is 0 Å². The fourth-order valence-corrected chi connectivity index (χ4v) is 2.46. The summed E-state index contributed by atoms with van der Waals surface area (Å²) in [6, 6.07) is 4.14. The minimum absolute atomic E-state index is 0.229. The van der Waals surface area contributed by atoms with E-state index < -0.39 is 0 Å². The number of hydrogen-bond donors (Lipinski definition) is 1. The van der Waals surface area contributed by atoms with Crippen LogP contribution in [-0.4, -0.2) is 11.3 Å². The molecular formula is C12H19NOS. The predicted octanol–water partition coefficient (Wildman–Crippen LogP) is 2.55. The Balaban J connectivity index is 2.51. The molecule has 0 bridgehead atoms. The van der Waals surface area contributed by atoms with Gasteiger partial charge in [-0.3, -0.25) is 4.79 Å². The number of carbonyl (C=O) groups excluding carboxylic acids is 1. The number of aryl methyl sites for hydroxylation is 1. The van der Waals surface area contributed by atoms with Crippen LogP contribution in [0.1, 0.15) is 36.9 Å². The summed E-state index contributed by atoms with van der Waals surface area (Å²) in [5.74, 6) is 0.229. The largest absolute Gasteiger partial charge is 0.325 e. The topological polar surface area (TPSA) is 43.1 Å². The third kappa shape index (κ3) is 4.58. The summed E-state index contributed by atoms with van der Waals surface area (Å²) in [6.07, 6.45) is 2.03. The Kier molecular flexibility index (Phi) is 4.05. The first-order valence-electron chi connectivity index (χ1n) is 5.29. The Morgan fingerprint density at radius 3 is 2.47 bits per heavy atom. The lowest BCUT2D eigenvalue weighted by atomic mass is 9.97. The molecule has 0 aliphatic heterocycles. The van der Waals surface area contributed by atoms with Crippen molar-refractivity contribution in [1.82, 2.24) is 0 Å². The van der Waals surface area contributed by atoms with Crippen LogP contribution in [0.25, 0.3) is 0 Å². The van der Waals surface area contributed by atoms with Gasteiger partial charge < -0.3 is 5.73 Å². The standard InChI is InChI=1S/C12H19NOS/c1-4-10-5-6-11(15-10)7-9(14)8-12(2,3)13/h5-6H,4,7-8,13H2,1-3H3. The minimum atomic E-state index is -0.387. The molecule has 0 unspecified atom stereocenters. The molecule has 0 aliphatic carbocycles. The molecule has 0 aromatic carbocycles. The van der Waals surface area contributed by atoms with Gasteiger partial charge in [0.1, 0.15) is 5.78 Å². The number of hydrogen-bond acceptors (Lipinski definition) is 3. The van der Waals surface area contributed by atoms with Gasteiger partial charge in [0.2, 0.25) is 0 Å².